The van der Waals surface area contributed by atoms with Gasteiger partial charge in [-0.2, -0.15) is 0 Å². The highest BCUT2D eigenvalue weighted by Gasteiger charge is 2.35. The molecule has 0 aliphatic carbocycles. The molecule has 1 amide bonds. The van der Waals surface area contributed by atoms with Gasteiger partial charge in [-0.15, -0.1) is 0 Å². The molecule has 1 aromatic rings. The normalized spacial score (nSPS) is 26.3. The summed E-state index contributed by atoms with van der Waals surface area (Å²) in [4.78, 5) is 17.2. The van der Waals surface area contributed by atoms with Gasteiger partial charge in [0, 0.05) is 26.2 Å². The van der Waals surface area contributed by atoms with Crippen LogP contribution in [-0.2, 0) is 16.0 Å². The van der Waals surface area contributed by atoms with Crippen molar-refractivity contribution < 1.29 is 9.53 Å². The monoisotopic (exact) mass is 317 g/mol. The zero-order valence-corrected chi connectivity index (χ0v) is 14.1. The summed E-state index contributed by atoms with van der Waals surface area (Å²) in [6.45, 7) is 7.66. The molecule has 2 aliphatic heterocycles. The average Bonchev–Trinajstić information content (AvgIpc) is 2.96. The molecule has 3 rings (SSSR count). The van der Waals surface area contributed by atoms with Gasteiger partial charge in [0.2, 0.25) is 5.91 Å². The molecule has 2 saturated heterocycles. The summed E-state index contributed by atoms with van der Waals surface area (Å²) in [7, 11) is 2.16. The van der Waals surface area contributed by atoms with Crippen LogP contribution in [0.15, 0.2) is 24.3 Å². The minimum absolute atomic E-state index is 0.0882. The summed E-state index contributed by atoms with van der Waals surface area (Å²) in [5.74, 6) is 0.0882. The molecule has 1 aromatic carbocycles. The number of amides is 1. The molecule has 0 unspecified atom stereocenters. The van der Waals surface area contributed by atoms with Crippen molar-refractivity contribution >= 4 is 5.91 Å². The summed E-state index contributed by atoms with van der Waals surface area (Å²) in [5.41, 5.74) is 2.26. The third kappa shape index (κ3) is 4.31. The Kier molecular flexibility index (Phi) is 5.30. The van der Waals surface area contributed by atoms with Crippen molar-refractivity contribution in [2.24, 2.45) is 0 Å². The first-order valence-corrected chi connectivity index (χ1v) is 8.47. The Morgan fingerprint density at radius 3 is 2.78 bits per heavy atom. The van der Waals surface area contributed by atoms with E-state index >= 15 is 0 Å². The summed E-state index contributed by atoms with van der Waals surface area (Å²) in [6.07, 6.45) is 0.438. The Hall–Kier alpha value is -1.43. The maximum absolute atomic E-state index is 12.4. The van der Waals surface area contributed by atoms with Crippen LogP contribution >= 0.6 is 0 Å². The van der Waals surface area contributed by atoms with E-state index in [1.165, 1.54) is 5.56 Å². The van der Waals surface area contributed by atoms with Crippen molar-refractivity contribution in [1.29, 1.82) is 0 Å². The molecule has 0 bridgehead atoms. The maximum Gasteiger partial charge on any atom is 0.224 e. The van der Waals surface area contributed by atoms with Crippen molar-refractivity contribution in [2.45, 2.75) is 25.4 Å². The zero-order valence-electron chi connectivity index (χ0n) is 14.1. The second kappa shape index (κ2) is 7.43. The second-order valence-electron chi connectivity index (χ2n) is 6.78. The third-order valence-corrected chi connectivity index (χ3v) is 4.85. The van der Waals surface area contributed by atoms with Crippen LogP contribution in [0.25, 0.3) is 0 Å². The van der Waals surface area contributed by atoms with E-state index in [9.17, 15) is 4.79 Å². The lowest BCUT2D eigenvalue weighted by Crippen LogP contribution is -2.56. The number of nitrogens with zero attached hydrogens (tertiary/aromatic N) is 2. The summed E-state index contributed by atoms with van der Waals surface area (Å²) in [6, 6.07) is 8.55. The van der Waals surface area contributed by atoms with Crippen molar-refractivity contribution in [3.05, 3.63) is 35.4 Å². The van der Waals surface area contributed by atoms with E-state index in [0.717, 1.165) is 38.3 Å². The summed E-state index contributed by atoms with van der Waals surface area (Å²) in [5, 5.41) is 3.19. The first-order valence-electron chi connectivity index (χ1n) is 8.47. The van der Waals surface area contributed by atoms with E-state index in [1.807, 2.05) is 12.1 Å². The molecule has 2 atom stereocenters. The highest BCUT2D eigenvalue weighted by molar-refractivity contribution is 5.79. The Balaban J connectivity index is 1.54. The van der Waals surface area contributed by atoms with Gasteiger partial charge in [0.05, 0.1) is 31.7 Å². The van der Waals surface area contributed by atoms with Gasteiger partial charge in [0.1, 0.15) is 0 Å². The van der Waals surface area contributed by atoms with Crippen molar-refractivity contribution in [2.75, 3.05) is 46.4 Å². The second-order valence-corrected chi connectivity index (χ2v) is 6.78. The van der Waals surface area contributed by atoms with Gasteiger partial charge in [0.25, 0.3) is 0 Å². The third-order valence-electron chi connectivity index (χ3n) is 4.85. The van der Waals surface area contributed by atoms with E-state index in [1.54, 1.807) is 0 Å². The molecule has 0 radical (unpaired) electrons. The van der Waals surface area contributed by atoms with Crippen LogP contribution in [0.3, 0.4) is 0 Å². The maximum atomic E-state index is 12.4. The minimum Gasteiger partial charge on any atom is -0.378 e. The van der Waals surface area contributed by atoms with Crippen LogP contribution in [0, 0.1) is 6.92 Å². The number of benzene rings is 1. The van der Waals surface area contributed by atoms with Gasteiger partial charge in [-0.3, -0.25) is 9.69 Å². The van der Waals surface area contributed by atoms with Crippen LogP contribution in [0.2, 0.25) is 0 Å². The number of aryl methyl sites for hydroxylation is 1. The topological polar surface area (TPSA) is 44.8 Å². The highest BCUT2D eigenvalue weighted by Crippen LogP contribution is 2.16. The molecule has 0 aromatic heterocycles. The number of carbonyl (C=O) groups is 1. The summed E-state index contributed by atoms with van der Waals surface area (Å²) < 4.78 is 5.65. The van der Waals surface area contributed by atoms with E-state index in [-0.39, 0.29) is 11.9 Å². The molecule has 23 heavy (non-hydrogen) atoms. The molecule has 2 fully saturated rings. The number of ether oxygens (including phenoxy) is 1. The SMILES string of the molecule is Cc1cccc(CC(=O)N[C@H]2COC[C@@H]2N2CCN(C)CC2)c1. The number of hydrogen-bond donors (Lipinski definition) is 1. The van der Waals surface area contributed by atoms with E-state index in [4.69, 9.17) is 4.74 Å². The van der Waals surface area contributed by atoms with Gasteiger partial charge < -0.3 is 15.0 Å². The minimum atomic E-state index is 0.0882. The number of rotatable bonds is 4. The van der Waals surface area contributed by atoms with Gasteiger partial charge in [-0.25, -0.2) is 0 Å². The molecular formula is C18H27N3O2. The molecule has 2 heterocycles. The fourth-order valence-electron chi connectivity index (χ4n) is 3.46. The lowest BCUT2D eigenvalue weighted by molar-refractivity contribution is -0.121. The number of likely N-dealkylation sites (N-methyl/N-ethyl adjacent to an activating group) is 1. The molecule has 126 valence electrons. The average molecular weight is 317 g/mol. The standard InChI is InChI=1S/C18H27N3O2/c1-14-4-3-5-15(10-14)11-18(22)19-16-12-23-13-17(16)21-8-6-20(2)7-9-21/h3-5,10,16-17H,6-9,11-13H2,1-2H3,(H,19,22)/t16-,17-/m0/s1. The van der Waals surface area contributed by atoms with Crippen molar-refractivity contribution in [3.8, 4) is 0 Å². The Labute approximate surface area is 138 Å². The van der Waals surface area contributed by atoms with Crippen LogP contribution in [0.1, 0.15) is 11.1 Å². The van der Waals surface area contributed by atoms with Gasteiger partial charge >= 0.3 is 0 Å². The van der Waals surface area contributed by atoms with Crippen LogP contribution < -0.4 is 5.32 Å². The smallest absolute Gasteiger partial charge is 0.224 e. The lowest BCUT2D eigenvalue weighted by atomic mass is 10.1. The van der Waals surface area contributed by atoms with E-state index in [2.05, 4.69) is 41.2 Å². The predicted octanol–water partition coefficient (Wildman–Crippen LogP) is 0.669. The van der Waals surface area contributed by atoms with E-state index in [0.29, 0.717) is 19.1 Å². The lowest BCUT2D eigenvalue weighted by Gasteiger charge is -2.38. The molecule has 2 aliphatic rings. The zero-order chi connectivity index (χ0) is 16.2. The fourth-order valence-corrected chi connectivity index (χ4v) is 3.46. The Morgan fingerprint density at radius 1 is 1.26 bits per heavy atom. The van der Waals surface area contributed by atoms with Gasteiger partial charge in [0.15, 0.2) is 0 Å². The fraction of sp³-hybridized carbons (Fsp3) is 0.611. The van der Waals surface area contributed by atoms with Crippen LogP contribution in [-0.4, -0.2) is 74.2 Å². The largest absolute Gasteiger partial charge is 0.378 e. The number of hydrogen-bond acceptors (Lipinski definition) is 4. The molecule has 0 saturated carbocycles. The number of piperazine rings is 1. The number of carbonyl (C=O) groups excluding carboxylic acids is 1. The van der Waals surface area contributed by atoms with Crippen LogP contribution in [0.4, 0.5) is 0 Å². The highest BCUT2D eigenvalue weighted by atomic mass is 16.5. The molecule has 5 heteroatoms. The van der Waals surface area contributed by atoms with Crippen molar-refractivity contribution in [1.82, 2.24) is 15.1 Å². The Bertz CT molecular complexity index is 541. The Morgan fingerprint density at radius 2 is 2.04 bits per heavy atom. The predicted molar refractivity (Wildman–Crippen MR) is 90.5 cm³/mol. The first kappa shape index (κ1) is 16.4. The first-order chi connectivity index (χ1) is 11.1. The van der Waals surface area contributed by atoms with Gasteiger partial charge in [-0.1, -0.05) is 29.8 Å². The molecule has 0 spiro atoms. The molecule has 5 nitrogen and oxygen atoms in total. The quantitative estimate of drug-likeness (QED) is 0.886. The summed E-state index contributed by atoms with van der Waals surface area (Å²) >= 11 is 0. The molecular weight excluding hydrogens is 290 g/mol. The molecule has 1 N–H and O–H groups in total. The van der Waals surface area contributed by atoms with Crippen LogP contribution in [0.5, 0.6) is 0 Å². The van der Waals surface area contributed by atoms with Crippen molar-refractivity contribution in [3.63, 3.8) is 0 Å². The van der Waals surface area contributed by atoms with Gasteiger partial charge in [-0.05, 0) is 19.5 Å². The van der Waals surface area contributed by atoms with E-state index < -0.39 is 0 Å². The number of nitrogens with one attached hydrogen (secondary N) is 1.